The molecule has 0 amide bonds. The zero-order chi connectivity index (χ0) is 14.5. The monoisotopic (exact) mass is 319 g/mol. The highest BCUT2D eigenvalue weighted by atomic mass is 35.5. The van der Waals surface area contributed by atoms with Crippen molar-refractivity contribution in [3.05, 3.63) is 22.2 Å². The van der Waals surface area contributed by atoms with Crippen molar-refractivity contribution in [2.45, 2.75) is 19.6 Å². The molecule has 1 atom stereocenters. The molecule has 1 unspecified atom stereocenters. The van der Waals surface area contributed by atoms with E-state index in [4.69, 9.17) is 37.4 Å². The van der Waals surface area contributed by atoms with Crippen molar-refractivity contribution in [2.24, 2.45) is 0 Å². The summed E-state index contributed by atoms with van der Waals surface area (Å²) in [5, 5.41) is 0.981. The predicted molar refractivity (Wildman–Crippen MR) is 80.1 cm³/mol. The second kappa shape index (κ2) is 7.36. The van der Waals surface area contributed by atoms with Gasteiger partial charge in [0.05, 0.1) is 25.3 Å². The molecule has 0 spiro atoms. The Kier molecular flexibility index (Phi) is 5.78. The van der Waals surface area contributed by atoms with Crippen molar-refractivity contribution < 1.29 is 14.2 Å². The number of methoxy groups -OCH3 is 1. The minimum Gasteiger partial charge on any atom is -0.491 e. The summed E-state index contributed by atoms with van der Waals surface area (Å²) >= 11 is 12.2. The fraction of sp³-hybridized carbons (Fsp3) is 0.571. The van der Waals surface area contributed by atoms with Gasteiger partial charge in [0.15, 0.2) is 17.7 Å². The molecular weight excluding hydrogens is 301 g/mol. The topological polar surface area (TPSA) is 30.9 Å². The van der Waals surface area contributed by atoms with Crippen molar-refractivity contribution >= 4 is 23.2 Å². The van der Waals surface area contributed by atoms with Crippen molar-refractivity contribution in [1.29, 1.82) is 0 Å². The lowest BCUT2D eigenvalue weighted by Crippen LogP contribution is -2.46. The highest BCUT2D eigenvalue weighted by Crippen LogP contribution is 2.38. The van der Waals surface area contributed by atoms with E-state index in [2.05, 4.69) is 11.8 Å². The Morgan fingerprint density at radius 3 is 2.60 bits per heavy atom. The Morgan fingerprint density at radius 2 is 2.00 bits per heavy atom. The molecule has 2 rings (SSSR count). The Morgan fingerprint density at radius 1 is 1.30 bits per heavy atom. The van der Waals surface area contributed by atoms with Gasteiger partial charge in [-0.15, -0.1) is 0 Å². The molecule has 4 nitrogen and oxygen atoms in total. The summed E-state index contributed by atoms with van der Waals surface area (Å²) in [7, 11) is 1.57. The van der Waals surface area contributed by atoms with Crippen LogP contribution in [0.15, 0.2) is 12.1 Å². The van der Waals surface area contributed by atoms with Crippen LogP contribution in [0.2, 0.25) is 10.0 Å². The van der Waals surface area contributed by atoms with Crippen molar-refractivity contribution in [1.82, 2.24) is 4.90 Å². The van der Waals surface area contributed by atoms with Crippen LogP contribution in [0.25, 0.3) is 0 Å². The average Bonchev–Trinajstić information content (AvgIpc) is 2.45. The standard InChI is InChI=1S/C14H19Cl2NO3/c1-3-13(17-4-6-19-7-5-17)20-12-9-10(15)8-11(16)14(12)18-2/h8-9,13H,3-7H2,1-2H3. The number of benzene rings is 1. The number of morpholine rings is 1. The molecule has 20 heavy (non-hydrogen) atoms. The highest BCUT2D eigenvalue weighted by Gasteiger charge is 2.23. The van der Waals surface area contributed by atoms with Gasteiger partial charge >= 0.3 is 0 Å². The first-order valence-corrected chi connectivity index (χ1v) is 7.42. The smallest absolute Gasteiger partial charge is 0.179 e. The quantitative estimate of drug-likeness (QED) is 0.831. The summed E-state index contributed by atoms with van der Waals surface area (Å²) in [6.45, 7) is 5.25. The second-order valence-electron chi connectivity index (χ2n) is 4.55. The first-order chi connectivity index (χ1) is 9.65. The van der Waals surface area contributed by atoms with Gasteiger partial charge in [-0.05, 0) is 12.5 Å². The van der Waals surface area contributed by atoms with E-state index < -0.39 is 0 Å². The zero-order valence-corrected chi connectivity index (χ0v) is 13.2. The number of rotatable bonds is 5. The maximum atomic E-state index is 6.12. The van der Waals surface area contributed by atoms with Gasteiger partial charge in [-0.1, -0.05) is 30.1 Å². The Bertz CT molecular complexity index is 450. The van der Waals surface area contributed by atoms with Crippen LogP contribution in [0.4, 0.5) is 0 Å². The van der Waals surface area contributed by atoms with Crippen molar-refractivity contribution in [3.8, 4) is 11.5 Å². The minimum absolute atomic E-state index is 0.0395. The van der Waals surface area contributed by atoms with Crippen LogP contribution < -0.4 is 9.47 Å². The van der Waals surface area contributed by atoms with Crippen LogP contribution in [0.1, 0.15) is 13.3 Å². The van der Waals surface area contributed by atoms with E-state index in [-0.39, 0.29) is 6.23 Å². The van der Waals surface area contributed by atoms with Gasteiger partial charge < -0.3 is 14.2 Å². The molecule has 112 valence electrons. The van der Waals surface area contributed by atoms with E-state index >= 15 is 0 Å². The van der Waals surface area contributed by atoms with Gasteiger partial charge in [0.1, 0.15) is 0 Å². The lowest BCUT2D eigenvalue weighted by Gasteiger charge is -2.34. The molecule has 1 aliphatic heterocycles. The molecule has 1 heterocycles. The highest BCUT2D eigenvalue weighted by molar-refractivity contribution is 6.35. The second-order valence-corrected chi connectivity index (χ2v) is 5.39. The molecule has 0 aliphatic carbocycles. The number of ether oxygens (including phenoxy) is 3. The van der Waals surface area contributed by atoms with E-state index in [9.17, 15) is 0 Å². The van der Waals surface area contributed by atoms with Crippen LogP contribution in [-0.2, 0) is 4.74 Å². The van der Waals surface area contributed by atoms with Crippen molar-refractivity contribution in [2.75, 3.05) is 33.4 Å². The molecule has 0 radical (unpaired) electrons. The van der Waals surface area contributed by atoms with Crippen LogP contribution in [0, 0.1) is 0 Å². The lowest BCUT2D eigenvalue weighted by molar-refractivity contribution is -0.0475. The number of hydrogen-bond acceptors (Lipinski definition) is 4. The number of halogens is 2. The summed E-state index contributed by atoms with van der Waals surface area (Å²) in [6.07, 6.45) is 0.815. The normalized spacial score (nSPS) is 17.8. The summed E-state index contributed by atoms with van der Waals surface area (Å²) in [5.74, 6) is 1.09. The Labute approximate surface area is 129 Å². The van der Waals surface area contributed by atoms with E-state index in [1.54, 1.807) is 19.2 Å². The largest absolute Gasteiger partial charge is 0.491 e. The summed E-state index contributed by atoms with van der Waals surface area (Å²) < 4.78 is 16.7. The third kappa shape index (κ3) is 3.70. The summed E-state index contributed by atoms with van der Waals surface area (Å²) in [6, 6.07) is 3.37. The van der Waals surface area contributed by atoms with Gasteiger partial charge in [0, 0.05) is 24.2 Å². The molecule has 0 bridgehead atoms. The van der Waals surface area contributed by atoms with Crippen LogP contribution in [0.3, 0.4) is 0 Å². The van der Waals surface area contributed by atoms with Gasteiger partial charge in [-0.3, -0.25) is 4.90 Å². The fourth-order valence-corrected chi connectivity index (χ4v) is 2.80. The van der Waals surface area contributed by atoms with Crippen LogP contribution in [-0.4, -0.2) is 44.5 Å². The van der Waals surface area contributed by atoms with Gasteiger partial charge in [0.2, 0.25) is 0 Å². The molecule has 0 saturated carbocycles. The lowest BCUT2D eigenvalue weighted by atomic mass is 10.3. The van der Waals surface area contributed by atoms with Gasteiger partial charge in [-0.25, -0.2) is 0 Å². The SMILES string of the molecule is CCC(Oc1cc(Cl)cc(Cl)c1OC)N1CCOCC1. The molecule has 1 fully saturated rings. The van der Waals surface area contributed by atoms with E-state index in [0.717, 1.165) is 32.7 Å². The molecule has 1 aromatic carbocycles. The molecule has 1 saturated heterocycles. The molecular formula is C14H19Cl2NO3. The summed E-state index contributed by atoms with van der Waals surface area (Å²) in [4.78, 5) is 2.25. The third-order valence-corrected chi connectivity index (χ3v) is 3.74. The Balaban J connectivity index is 2.18. The van der Waals surface area contributed by atoms with Gasteiger partial charge in [-0.2, -0.15) is 0 Å². The third-order valence-electron chi connectivity index (χ3n) is 3.24. The van der Waals surface area contributed by atoms with Crippen molar-refractivity contribution in [3.63, 3.8) is 0 Å². The maximum Gasteiger partial charge on any atom is 0.179 e. The van der Waals surface area contributed by atoms with Gasteiger partial charge in [0.25, 0.3) is 0 Å². The molecule has 0 aromatic heterocycles. The maximum absolute atomic E-state index is 6.12. The van der Waals surface area contributed by atoms with Crippen LogP contribution in [0.5, 0.6) is 11.5 Å². The van der Waals surface area contributed by atoms with E-state index in [0.29, 0.717) is 21.5 Å². The zero-order valence-electron chi connectivity index (χ0n) is 11.7. The average molecular weight is 320 g/mol. The fourth-order valence-electron chi connectivity index (χ4n) is 2.25. The predicted octanol–water partition coefficient (Wildman–Crippen LogP) is 3.45. The number of nitrogens with zero attached hydrogens (tertiary/aromatic N) is 1. The minimum atomic E-state index is -0.0395. The Hall–Kier alpha value is -0.680. The van der Waals surface area contributed by atoms with E-state index in [1.807, 2.05) is 0 Å². The molecule has 6 heteroatoms. The first-order valence-electron chi connectivity index (χ1n) is 6.67. The first kappa shape index (κ1) is 15.7. The molecule has 1 aliphatic rings. The van der Waals surface area contributed by atoms with Crippen LogP contribution >= 0.6 is 23.2 Å². The molecule has 0 N–H and O–H groups in total. The summed E-state index contributed by atoms with van der Waals surface area (Å²) in [5.41, 5.74) is 0. The van der Waals surface area contributed by atoms with E-state index in [1.165, 1.54) is 0 Å². The molecule has 1 aromatic rings. The number of hydrogen-bond donors (Lipinski definition) is 0.